The molecule has 7 heteroatoms. The Hall–Kier alpha value is -2.59. The van der Waals surface area contributed by atoms with E-state index in [1.807, 2.05) is 12.1 Å². The first-order valence-corrected chi connectivity index (χ1v) is 11.0. The van der Waals surface area contributed by atoms with Crippen LogP contribution >= 0.6 is 11.6 Å². The maximum absolute atomic E-state index is 12.8. The van der Waals surface area contributed by atoms with Crippen LogP contribution in [0.3, 0.4) is 0 Å². The second-order valence-corrected chi connectivity index (χ2v) is 8.70. The van der Waals surface area contributed by atoms with Crippen LogP contribution in [0.2, 0.25) is 5.02 Å². The zero-order valence-corrected chi connectivity index (χ0v) is 18.1. The number of halogens is 1. The van der Waals surface area contributed by atoms with Gasteiger partial charge in [-0.2, -0.15) is 5.26 Å². The van der Waals surface area contributed by atoms with Crippen LogP contribution in [0.25, 0.3) is 0 Å². The number of benzene rings is 2. The number of hydrogen-bond donors (Lipinski definition) is 2. The molecule has 2 N–H and O–H groups in total. The van der Waals surface area contributed by atoms with E-state index in [4.69, 9.17) is 21.6 Å². The summed E-state index contributed by atoms with van der Waals surface area (Å²) in [5.41, 5.74) is 3.06. The lowest BCUT2D eigenvalue weighted by molar-refractivity contribution is -0.126. The number of phenols is 1. The monoisotopic (exact) mass is 439 g/mol. The van der Waals surface area contributed by atoms with Gasteiger partial charge in [0.25, 0.3) is 0 Å². The van der Waals surface area contributed by atoms with Crippen molar-refractivity contribution in [3.8, 4) is 11.8 Å². The average Bonchev–Trinajstić information content (AvgIpc) is 3.14. The van der Waals surface area contributed by atoms with Crippen LogP contribution < -0.4 is 5.32 Å². The van der Waals surface area contributed by atoms with E-state index in [1.165, 1.54) is 17.2 Å². The van der Waals surface area contributed by atoms with Crippen molar-refractivity contribution in [1.29, 1.82) is 5.26 Å². The lowest BCUT2D eigenvalue weighted by atomic mass is 9.83. The maximum atomic E-state index is 12.8. The number of nitrogens with one attached hydrogen (secondary N) is 1. The molecule has 0 aromatic heterocycles. The molecule has 1 fully saturated rings. The van der Waals surface area contributed by atoms with Crippen molar-refractivity contribution in [3.63, 3.8) is 0 Å². The zero-order chi connectivity index (χ0) is 21.8. The summed E-state index contributed by atoms with van der Waals surface area (Å²) in [6.45, 7) is 2.83. The Balaban J connectivity index is 1.45. The summed E-state index contributed by atoms with van der Waals surface area (Å²) in [6.07, 6.45) is 2.15. The first kappa shape index (κ1) is 21.6. The number of piperidine rings is 1. The van der Waals surface area contributed by atoms with Crippen LogP contribution in [-0.4, -0.2) is 42.1 Å². The molecule has 0 bridgehead atoms. The Morgan fingerprint density at radius 2 is 2.06 bits per heavy atom. The molecule has 0 radical (unpaired) electrons. The third kappa shape index (κ3) is 4.69. The molecule has 1 spiro atoms. The molecule has 6 nitrogen and oxygen atoms in total. The topological polar surface area (TPSA) is 85.6 Å². The largest absolute Gasteiger partial charge is 0.508 e. The number of hydrogen-bond acceptors (Lipinski definition) is 5. The van der Waals surface area contributed by atoms with Crippen molar-refractivity contribution in [2.24, 2.45) is 5.92 Å². The molecule has 2 aliphatic heterocycles. The summed E-state index contributed by atoms with van der Waals surface area (Å²) < 4.78 is 6.24. The number of carbonyl (C=O) groups excluding carboxylic acids is 1. The second-order valence-electron chi connectivity index (χ2n) is 8.29. The van der Waals surface area contributed by atoms with Crippen LogP contribution in [0.1, 0.15) is 29.5 Å². The summed E-state index contributed by atoms with van der Waals surface area (Å²) in [5.74, 6) is -0.435. The van der Waals surface area contributed by atoms with E-state index in [1.54, 1.807) is 12.1 Å². The van der Waals surface area contributed by atoms with Gasteiger partial charge in [-0.15, -0.1) is 0 Å². The zero-order valence-electron chi connectivity index (χ0n) is 17.3. The van der Waals surface area contributed by atoms with Gasteiger partial charge < -0.3 is 20.1 Å². The van der Waals surface area contributed by atoms with Gasteiger partial charge in [-0.3, -0.25) is 4.79 Å². The molecule has 4 rings (SSSR count). The van der Waals surface area contributed by atoms with E-state index in [9.17, 15) is 9.90 Å². The quantitative estimate of drug-likeness (QED) is 0.674. The van der Waals surface area contributed by atoms with Gasteiger partial charge in [0.1, 0.15) is 12.3 Å². The van der Waals surface area contributed by atoms with Crippen LogP contribution in [0, 0.1) is 17.2 Å². The molecule has 2 aromatic rings. The first-order valence-electron chi connectivity index (χ1n) is 10.6. The molecule has 31 heavy (non-hydrogen) atoms. The fourth-order valence-electron chi connectivity index (χ4n) is 4.70. The van der Waals surface area contributed by atoms with Gasteiger partial charge in [0.05, 0.1) is 24.2 Å². The summed E-state index contributed by atoms with van der Waals surface area (Å²) in [6, 6.07) is 15.1. The van der Waals surface area contributed by atoms with Gasteiger partial charge in [0, 0.05) is 24.7 Å². The molecule has 162 valence electrons. The Bertz CT molecular complexity index is 996. The number of rotatable bonds is 6. The number of carbonyl (C=O) groups is 1. The van der Waals surface area contributed by atoms with E-state index in [-0.39, 0.29) is 29.7 Å². The third-order valence-corrected chi connectivity index (χ3v) is 6.73. The Kier molecular flexibility index (Phi) is 6.47. The van der Waals surface area contributed by atoms with Crippen LogP contribution in [0.5, 0.6) is 5.75 Å². The number of likely N-dealkylation sites (tertiary alicyclic amines) is 1. The van der Waals surface area contributed by atoms with Gasteiger partial charge in [-0.25, -0.2) is 0 Å². The standard InChI is InChI=1S/C24H26ClN3O3/c25-22-6-5-20(29)14-18(22)13-19(23(30)27-10-9-26)15-28-11-7-24(8-12-28)21-4-2-1-3-17(21)16-31-24/h1-6,14,19,29H,7-8,10-13,15-16H2,(H,27,30). The van der Waals surface area contributed by atoms with Crippen molar-refractivity contribution in [1.82, 2.24) is 10.2 Å². The van der Waals surface area contributed by atoms with Crippen molar-refractivity contribution in [3.05, 3.63) is 64.2 Å². The molecule has 2 heterocycles. The van der Waals surface area contributed by atoms with E-state index >= 15 is 0 Å². The van der Waals surface area contributed by atoms with Gasteiger partial charge >= 0.3 is 0 Å². The van der Waals surface area contributed by atoms with Crippen LogP contribution in [0.15, 0.2) is 42.5 Å². The molecule has 1 amide bonds. The lowest BCUT2D eigenvalue weighted by Crippen LogP contribution is -2.47. The highest BCUT2D eigenvalue weighted by Crippen LogP contribution is 2.44. The number of nitriles is 1. The van der Waals surface area contributed by atoms with Crippen LogP contribution in [-0.2, 0) is 28.2 Å². The molecular formula is C24H26ClN3O3. The molecule has 2 aromatic carbocycles. The molecule has 2 aliphatic rings. The van der Waals surface area contributed by atoms with Gasteiger partial charge in [0.2, 0.25) is 5.91 Å². The molecule has 1 saturated heterocycles. The minimum absolute atomic E-state index is 0.0309. The maximum Gasteiger partial charge on any atom is 0.225 e. The minimum atomic E-state index is -0.376. The average molecular weight is 440 g/mol. The fraction of sp³-hybridized carbons (Fsp3) is 0.417. The van der Waals surface area contributed by atoms with E-state index in [0.717, 1.165) is 31.5 Å². The molecular weight excluding hydrogens is 414 g/mol. The molecule has 1 atom stereocenters. The molecule has 1 unspecified atom stereocenters. The van der Waals surface area contributed by atoms with E-state index in [2.05, 4.69) is 28.4 Å². The molecule has 0 aliphatic carbocycles. The van der Waals surface area contributed by atoms with E-state index in [0.29, 0.717) is 24.6 Å². The normalized spacial score (nSPS) is 18.3. The van der Waals surface area contributed by atoms with Gasteiger partial charge in [0.15, 0.2) is 0 Å². The third-order valence-electron chi connectivity index (χ3n) is 6.36. The highest BCUT2D eigenvalue weighted by atomic mass is 35.5. The van der Waals surface area contributed by atoms with Gasteiger partial charge in [-0.05, 0) is 54.2 Å². The summed E-state index contributed by atoms with van der Waals surface area (Å²) in [7, 11) is 0. The smallest absolute Gasteiger partial charge is 0.225 e. The summed E-state index contributed by atoms with van der Waals surface area (Å²) in [4.78, 5) is 15.1. The van der Waals surface area contributed by atoms with Crippen molar-refractivity contribution < 1.29 is 14.6 Å². The molecule has 0 saturated carbocycles. The predicted octanol–water partition coefficient (Wildman–Crippen LogP) is 3.37. The van der Waals surface area contributed by atoms with Crippen LogP contribution in [0.4, 0.5) is 0 Å². The predicted molar refractivity (Wildman–Crippen MR) is 118 cm³/mol. The van der Waals surface area contributed by atoms with Crippen molar-refractivity contribution >= 4 is 17.5 Å². The Morgan fingerprint density at radius 1 is 1.29 bits per heavy atom. The number of amides is 1. The SMILES string of the molecule is N#CCNC(=O)C(Cc1cc(O)ccc1Cl)CN1CCC2(CC1)OCc1ccccc12. The van der Waals surface area contributed by atoms with Crippen molar-refractivity contribution in [2.45, 2.75) is 31.5 Å². The number of nitrogens with zero attached hydrogens (tertiary/aromatic N) is 2. The number of ether oxygens (including phenoxy) is 1. The first-order chi connectivity index (χ1) is 15.0. The Morgan fingerprint density at radius 3 is 2.84 bits per heavy atom. The highest BCUT2D eigenvalue weighted by Gasteiger charge is 2.42. The number of phenolic OH excluding ortho intramolecular Hbond substituents is 1. The van der Waals surface area contributed by atoms with E-state index < -0.39 is 0 Å². The Labute approximate surface area is 187 Å². The highest BCUT2D eigenvalue weighted by molar-refractivity contribution is 6.31. The van der Waals surface area contributed by atoms with Crippen molar-refractivity contribution in [2.75, 3.05) is 26.2 Å². The second kappa shape index (κ2) is 9.27. The van der Waals surface area contributed by atoms with Gasteiger partial charge in [-0.1, -0.05) is 35.9 Å². The number of aromatic hydroxyl groups is 1. The summed E-state index contributed by atoms with van der Waals surface area (Å²) >= 11 is 6.30. The lowest BCUT2D eigenvalue weighted by Gasteiger charge is -2.40. The number of fused-ring (bicyclic) bond motifs is 2. The summed E-state index contributed by atoms with van der Waals surface area (Å²) in [5, 5.41) is 21.9. The fourth-order valence-corrected chi connectivity index (χ4v) is 4.90. The minimum Gasteiger partial charge on any atom is -0.508 e.